The monoisotopic (exact) mass is 432 g/mol. The summed E-state index contributed by atoms with van der Waals surface area (Å²) in [7, 11) is 0. The van der Waals surface area contributed by atoms with Crippen LogP contribution in [-0.4, -0.2) is 33.0 Å². The number of nitrogens with two attached hydrogens (primary N) is 2. The molecule has 1 saturated heterocycles. The average Bonchev–Trinajstić information content (AvgIpc) is 2.80. The molecule has 8 nitrogen and oxygen atoms in total. The van der Waals surface area contributed by atoms with Crippen molar-refractivity contribution < 1.29 is 9.53 Å². The summed E-state index contributed by atoms with van der Waals surface area (Å²) in [6.45, 7) is 4.24. The highest BCUT2D eigenvalue weighted by Crippen LogP contribution is 2.36. The van der Waals surface area contributed by atoms with Gasteiger partial charge in [0.25, 0.3) is 5.91 Å². The number of hydrogen-bond donors (Lipinski definition) is 3. The second-order valence-corrected chi connectivity index (χ2v) is 8.41. The Morgan fingerprint density at radius 1 is 1.16 bits per heavy atom. The summed E-state index contributed by atoms with van der Waals surface area (Å²) in [4.78, 5) is 25.9. The quantitative estimate of drug-likeness (QED) is 0.562. The maximum Gasteiger partial charge on any atom is 0.278 e. The van der Waals surface area contributed by atoms with Crippen molar-refractivity contribution in [3.63, 3.8) is 0 Å². The van der Waals surface area contributed by atoms with Gasteiger partial charge in [0, 0.05) is 23.4 Å². The minimum atomic E-state index is -0.456. The van der Waals surface area contributed by atoms with Crippen molar-refractivity contribution in [2.75, 3.05) is 11.1 Å². The van der Waals surface area contributed by atoms with E-state index in [4.69, 9.17) is 16.2 Å². The molecule has 1 aliphatic rings. The second kappa shape index (κ2) is 9.42. The molecule has 0 saturated carbocycles. The number of aromatic nitrogens is 3. The smallest absolute Gasteiger partial charge is 0.278 e. The van der Waals surface area contributed by atoms with Gasteiger partial charge in [0.05, 0.1) is 36.0 Å². The summed E-state index contributed by atoms with van der Waals surface area (Å²) in [5.74, 6) is -0.0505. The van der Waals surface area contributed by atoms with Gasteiger partial charge in [-0.2, -0.15) is 0 Å². The third-order valence-corrected chi connectivity index (χ3v) is 5.67. The number of anilines is 2. The lowest BCUT2D eigenvalue weighted by Crippen LogP contribution is -2.39. The van der Waals surface area contributed by atoms with E-state index in [0.29, 0.717) is 23.7 Å². The zero-order chi connectivity index (χ0) is 22.7. The minimum absolute atomic E-state index is 0.0296. The average molecular weight is 433 g/mol. The van der Waals surface area contributed by atoms with E-state index in [1.54, 1.807) is 18.6 Å². The first-order chi connectivity index (χ1) is 15.4. The van der Waals surface area contributed by atoms with Crippen LogP contribution in [0.4, 0.5) is 11.5 Å². The van der Waals surface area contributed by atoms with Crippen LogP contribution < -0.4 is 16.8 Å². The van der Waals surface area contributed by atoms with Gasteiger partial charge in [-0.05, 0) is 24.8 Å². The van der Waals surface area contributed by atoms with Crippen LogP contribution in [0.3, 0.4) is 0 Å². The van der Waals surface area contributed by atoms with Gasteiger partial charge in [-0.25, -0.2) is 9.97 Å². The van der Waals surface area contributed by atoms with Gasteiger partial charge in [0.2, 0.25) is 0 Å². The number of carbonyl (C=O) groups is 1. The molecule has 0 unspecified atom stereocenters. The number of nitrogen functional groups attached to an aromatic ring is 1. The first-order valence-electron chi connectivity index (χ1n) is 10.8. The number of nitrogens with zero attached hydrogens (tertiary/aromatic N) is 3. The van der Waals surface area contributed by atoms with E-state index in [1.807, 2.05) is 36.4 Å². The van der Waals surface area contributed by atoms with Crippen molar-refractivity contribution in [2.24, 2.45) is 11.7 Å². The van der Waals surface area contributed by atoms with Gasteiger partial charge in [-0.15, -0.1) is 0 Å². The fourth-order valence-electron chi connectivity index (χ4n) is 3.91. The number of nitrogens with one attached hydrogen (secondary N) is 1. The molecule has 4 rings (SSSR count). The van der Waals surface area contributed by atoms with E-state index in [9.17, 15) is 4.79 Å². The number of benzene rings is 1. The lowest BCUT2D eigenvalue weighted by molar-refractivity contribution is -0.0787. The van der Waals surface area contributed by atoms with Gasteiger partial charge < -0.3 is 21.5 Å². The number of rotatable bonds is 5. The van der Waals surface area contributed by atoms with E-state index >= 15 is 0 Å². The van der Waals surface area contributed by atoms with Crippen LogP contribution in [0.1, 0.15) is 48.8 Å². The van der Waals surface area contributed by atoms with Gasteiger partial charge in [0.15, 0.2) is 11.5 Å². The normalized spacial score (nSPS) is 20.8. The standard InChI is InChI=1S/C24H28N6O2/c1-14(2)20-10-16(25)11-21(32-20)17-8-9-27-12-19(17)30-24(31)22-23(26)28-13-18(29-22)15-6-4-3-5-7-15/h3-9,12-14,16,20-21H,10-11,25H2,1-2H3,(H2,26,28)(H,30,31)/t16-,20-,21+/m1/s1. The van der Waals surface area contributed by atoms with Crippen LogP contribution in [0.25, 0.3) is 11.3 Å². The molecule has 3 heterocycles. The van der Waals surface area contributed by atoms with Crippen molar-refractivity contribution in [3.8, 4) is 11.3 Å². The molecule has 1 aromatic carbocycles. The summed E-state index contributed by atoms with van der Waals surface area (Å²) in [5, 5.41) is 2.90. The topological polar surface area (TPSA) is 129 Å². The maximum absolute atomic E-state index is 13.1. The predicted molar refractivity (Wildman–Crippen MR) is 124 cm³/mol. The van der Waals surface area contributed by atoms with Crippen molar-refractivity contribution in [2.45, 2.75) is 44.9 Å². The molecule has 0 radical (unpaired) electrons. The molecule has 1 fully saturated rings. The fourth-order valence-corrected chi connectivity index (χ4v) is 3.91. The van der Waals surface area contributed by atoms with E-state index in [-0.39, 0.29) is 29.8 Å². The third kappa shape index (κ3) is 4.76. The van der Waals surface area contributed by atoms with E-state index in [2.05, 4.69) is 34.1 Å². The van der Waals surface area contributed by atoms with Crippen molar-refractivity contribution >= 4 is 17.4 Å². The number of ether oxygens (including phenoxy) is 1. The molecule has 1 aliphatic heterocycles. The Morgan fingerprint density at radius 3 is 2.69 bits per heavy atom. The summed E-state index contributed by atoms with van der Waals surface area (Å²) < 4.78 is 6.32. The van der Waals surface area contributed by atoms with Crippen molar-refractivity contribution in [1.82, 2.24) is 15.0 Å². The van der Waals surface area contributed by atoms with Gasteiger partial charge in [-0.3, -0.25) is 9.78 Å². The predicted octanol–water partition coefficient (Wildman–Crippen LogP) is 3.58. The van der Waals surface area contributed by atoms with E-state index in [0.717, 1.165) is 17.5 Å². The van der Waals surface area contributed by atoms with Crippen LogP contribution in [0.15, 0.2) is 55.0 Å². The molecule has 166 valence electrons. The molecule has 0 spiro atoms. The highest BCUT2D eigenvalue weighted by atomic mass is 16.5. The molecule has 8 heteroatoms. The van der Waals surface area contributed by atoms with Crippen molar-refractivity contribution in [1.29, 1.82) is 0 Å². The highest BCUT2D eigenvalue weighted by molar-refractivity contribution is 6.06. The highest BCUT2D eigenvalue weighted by Gasteiger charge is 2.32. The molecule has 1 amide bonds. The molecule has 0 aliphatic carbocycles. The lowest BCUT2D eigenvalue weighted by atomic mass is 9.90. The number of carbonyl (C=O) groups excluding carboxylic acids is 1. The Morgan fingerprint density at radius 2 is 1.94 bits per heavy atom. The summed E-state index contributed by atoms with van der Waals surface area (Å²) in [5.41, 5.74) is 15.1. The number of pyridine rings is 1. The van der Waals surface area contributed by atoms with Gasteiger partial charge >= 0.3 is 0 Å². The minimum Gasteiger partial charge on any atom is -0.382 e. The summed E-state index contributed by atoms with van der Waals surface area (Å²) >= 11 is 0. The zero-order valence-corrected chi connectivity index (χ0v) is 18.2. The van der Waals surface area contributed by atoms with Crippen LogP contribution in [0.2, 0.25) is 0 Å². The van der Waals surface area contributed by atoms with Crippen LogP contribution >= 0.6 is 0 Å². The molecule has 5 N–H and O–H groups in total. The molecule has 3 aromatic rings. The zero-order valence-electron chi connectivity index (χ0n) is 18.2. The molecule has 3 atom stereocenters. The number of amides is 1. The van der Waals surface area contributed by atoms with Gasteiger partial charge in [-0.1, -0.05) is 44.2 Å². The molecular formula is C24H28N6O2. The Hall–Kier alpha value is -3.36. The fraction of sp³-hybridized carbons (Fsp3) is 0.333. The Balaban J connectivity index is 1.60. The molecule has 0 bridgehead atoms. The number of hydrogen-bond acceptors (Lipinski definition) is 7. The van der Waals surface area contributed by atoms with E-state index < -0.39 is 5.91 Å². The summed E-state index contributed by atoms with van der Waals surface area (Å²) in [6.07, 6.45) is 6.16. The Labute approximate surface area is 187 Å². The van der Waals surface area contributed by atoms with Crippen molar-refractivity contribution in [3.05, 3.63) is 66.2 Å². The molecule has 2 aromatic heterocycles. The first kappa shape index (κ1) is 21.9. The largest absolute Gasteiger partial charge is 0.382 e. The van der Waals surface area contributed by atoms with Gasteiger partial charge in [0.1, 0.15) is 0 Å². The molecular weight excluding hydrogens is 404 g/mol. The first-order valence-corrected chi connectivity index (χ1v) is 10.8. The maximum atomic E-state index is 13.1. The lowest BCUT2D eigenvalue weighted by Gasteiger charge is -2.36. The SMILES string of the molecule is CC(C)[C@H]1C[C@@H](N)C[C@@H](c2ccncc2NC(=O)c2nc(-c3ccccc3)cnc2N)O1. The third-order valence-electron chi connectivity index (χ3n) is 5.67. The van der Waals surface area contributed by atoms with E-state index in [1.165, 1.54) is 0 Å². The second-order valence-electron chi connectivity index (χ2n) is 8.41. The Bertz CT molecular complexity index is 1090. The van der Waals surface area contributed by atoms with Crippen LogP contribution in [0, 0.1) is 5.92 Å². The van der Waals surface area contributed by atoms with Crippen LogP contribution in [0.5, 0.6) is 0 Å². The van der Waals surface area contributed by atoms with Crippen LogP contribution in [-0.2, 0) is 4.74 Å². The molecule has 32 heavy (non-hydrogen) atoms. The summed E-state index contributed by atoms with van der Waals surface area (Å²) in [6, 6.07) is 11.4. The Kier molecular flexibility index (Phi) is 6.43.